The molecule has 0 saturated heterocycles. The maximum Gasteiger partial charge on any atom is 0.0146 e. The molecule has 0 aromatic heterocycles. The van der Waals surface area contributed by atoms with Gasteiger partial charge in [0.05, 0.1) is 0 Å². The first-order valence-corrected chi connectivity index (χ1v) is 5.95. The Morgan fingerprint density at radius 2 is 1.06 bits per heavy atom. The van der Waals surface area contributed by atoms with E-state index < -0.39 is 0 Å². The Hall–Kier alpha value is -1.56. The van der Waals surface area contributed by atoms with E-state index in [1.165, 1.54) is 0 Å². The molecule has 0 amide bonds. The molecule has 0 aromatic carbocycles. The lowest BCUT2D eigenvalue weighted by atomic mass is 9.76. The molecular formula is C17H26. The number of hydrogen-bond donors (Lipinski definition) is 0. The highest BCUT2D eigenvalue weighted by Gasteiger charge is 2.23. The third-order valence-electron chi connectivity index (χ3n) is 2.48. The fraction of sp³-hybridized carbons (Fsp3) is 0.294. The molecule has 0 aliphatic heterocycles. The van der Waals surface area contributed by atoms with Crippen molar-refractivity contribution in [2.45, 2.75) is 27.7 Å². The minimum absolute atomic E-state index is 0.119. The second-order valence-electron chi connectivity index (χ2n) is 3.75. The Kier molecular flexibility index (Phi) is 10.1. The Labute approximate surface area is 107 Å². The normalized spacial score (nSPS) is 12.0. The summed E-state index contributed by atoms with van der Waals surface area (Å²) in [4.78, 5) is 0. The highest BCUT2D eigenvalue weighted by atomic mass is 14.3. The molecule has 0 heterocycles. The number of rotatable bonds is 6. The molecule has 0 saturated carbocycles. The van der Waals surface area contributed by atoms with E-state index in [4.69, 9.17) is 0 Å². The summed E-state index contributed by atoms with van der Waals surface area (Å²) in [6.07, 6.45) is 11.2. The molecule has 0 aromatic rings. The molecule has 0 unspecified atom stereocenters. The van der Waals surface area contributed by atoms with Gasteiger partial charge in [-0.2, -0.15) is 0 Å². The zero-order valence-corrected chi connectivity index (χ0v) is 11.8. The van der Waals surface area contributed by atoms with Crippen LogP contribution in [0.25, 0.3) is 0 Å². The Morgan fingerprint density at radius 1 is 0.765 bits per heavy atom. The van der Waals surface area contributed by atoms with Crippen LogP contribution in [0, 0.1) is 5.41 Å². The summed E-state index contributed by atoms with van der Waals surface area (Å²) in [5, 5.41) is 0. The Bertz CT molecular complexity index is 290. The predicted molar refractivity (Wildman–Crippen MR) is 82.1 cm³/mol. The van der Waals surface area contributed by atoms with Gasteiger partial charge in [-0.3, -0.25) is 0 Å². The second-order valence-corrected chi connectivity index (χ2v) is 3.75. The first kappa shape index (κ1) is 17.8. The first-order chi connectivity index (χ1) is 8.04. The molecule has 0 fully saturated rings. The molecule has 0 atom stereocenters. The van der Waals surface area contributed by atoms with Crippen molar-refractivity contribution in [3.05, 3.63) is 73.9 Å². The molecule has 0 aliphatic carbocycles. The van der Waals surface area contributed by atoms with Crippen molar-refractivity contribution in [2.24, 2.45) is 5.41 Å². The van der Waals surface area contributed by atoms with Crippen molar-refractivity contribution in [1.82, 2.24) is 0 Å². The molecule has 0 radical (unpaired) electrons. The molecule has 0 spiro atoms. The van der Waals surface area contributed by atoms with E-state index in [-0.39, 0.29) is 5.41 Å². The molecule has 0 nitrogen and oxygen atoms in total. The van der Waals surface area contributed by atoms with Gasteiger partial charge in [-0.15, -0.1) is 0 Å². The Morgan fingerprint density at radius 3 is 1.24 bits per heavy atom. The van der Waals surface area contributed by atoms with E-state index in [1.54, 1.807) is 12.2 Å². The molecule has 94 valence electrons. The summed E-state index contributed by atoms with van der Waals surface area (Å²) in [5.74, 6) is 0. The topological polar surface area (TPSA) is 0 Å². The van der Waals surface area contributed by atoms with Crippen molar-refractivity contribution < 1.29 is 0 Å². The van der Waals surface area contributed by atoms with Crippen LogP contribution in [0.2, 0.25) is 0 Å². The lowest BCUT2D eigenvalue weighted by Crippen LogP contribution is -2.15. The monoisotopic (exact) mass is 230 g/mol. The van der Waals surface area contributed by atoms with Crippen LogP contribution in [-0.4, -0.2) is 0 Å². The maximum atomic E-state index is 3.82. The van der Waals surface area contributed by atoms with Crippen LogP contribution in [0.3, 0.4) is 0 Å². The van der Waals surface area contributed by atoms with Gasteiger partial charge < -0.3 is 0 Å². The van der Waals surface area contributed by atoms with Gasteiger partial charge in [0.15, 0.2) is 0 Å². The zero-order chi connectivity index (χ0) is 13.9. The van der Waals surface area contributed by atoms with Crippen molar-refractivity contribution in [1.29, 1.82) is 0 Å². The highest BCUT2D eigenvalue weighted by molar-refractivity contribution is 5.41. The quantitative estimate of drug-likeness (QED) is 0.518. The molecule has 0 heteroatoms. The largest absolute Gasteiger partial charge is 0.0991 e. The van der Waals surface area contributed by atoms with Gasteiger partial charge in [0.2, 0.25) is 0 Å². The van der Waals surface area contributed by atoms with E-state index in [2.05, 4.69) is 40.2 Å². The lowest BCUT2D eigenvalue weighted by molar-refractivity contribution is 0.567. The average Bonchev–Trinajstić information content (AvgIpc) is 2.34. The summed E-state index contributed by atoms with van der Waals surface area (Å²) in [6.45, 7) is 23.3. The number of allylic oxidation sites excluding steroid dienone is 8. The summed E-state index contributed by atoms with van der Waals surface area (Å²) in [5.41, 5.74) is 2.11. The fourth-order valence-corrected chi connectivity index (χ4v) is 1.48. The Balaban J connectivity index is 0. The first-order valence-electron chi connectivity index (χ1n) is 5.95. The second kappa shape index (κ2) is 9.65. The summed E-state index contributed by atoms with van der Waals surface area (Å²) in [6, 6.07) is 0. The van der Waals surface area contributed by atoms with Crippen molar-refractivity contribution >= 4 is 0 Å². The predicted octanol–water partition coefficient (Wildman–Crippen LogP) is 5.64. The van der Waals surface area contributed by atoms with E-state index in [0.717, 1.165) is 11.1 Å². The van der Waals surface area contributed by atoms with Crippen LogP contribution in [0.4, 0.5) is 0 Å². The SMILES string of the molecule is C=C/C=C(\C=C)C(C)(C)/C(C=C)=C/C=C.CC. The standard InChI is InChI=1S/C15H20.C2H6/c1-7-11-13(9-3)15(5,6)14(10-4)12-8-2;1-2/h7-12H,1-4H2,5-6H3;1-2H3/b13-11+,14-12+;. The van der Waals surface area contributed by atoms with Gasteiger partial charge in [0.25, 0.3) is 0 Å². The summed E-state index contributed by atoms with van der Waals surface area (Å²) >= 11 is 0. The van der Waals surface area contributed by atoms with E-state index in [9.17, 15) is 0 Å². The molecular weight excluding hydrogens is 204 g/mol. The van der Waals surface area contributed by atoms with Gasteiger partial charge in [-0.25, -0.2) is 0 Å². The molecule has 0 rings (SSSR count). The number of hydrogen-bond acceptors (Lipinski definition) is 0. The van der Waals surface area contributed by atoms with Crippen LogP contribution in [0.5, 0.6) is 0 Å². The average molecular weight is 230 g/mol. The van der Waals surface area contributed by atoms with Crippen LogP contribution in [0.1, 0.15) is 27.7 Å². The van der Waals surface area contributed by atoms with Crippen molar-refractivity contribution in [2.75, 3.05) is 0 Å². The smallest absolute Gasteiger partial charge is 0.0146 e. The molecule has 0 bridgehead atoms. The van der Waals surface area contributed by atoms with Gasteiger partial charge in [0.1, 0.15) is 0 Å². The van der Waals surface area contributed by atoms with Crippen molar-refractivity contribution in [3.8, 4) is 0 Å². The summed E-state index contributed by atoms with van der Waals surface area (Å²) < 4.78 is 0. The van der Waals surface area contributed by atoms with Gasteiger partial charge in [-0.05, 0) is 11.1 Å². The summed E-state index contributed by atoms with van der Waals surface area (Å²) in [7, 11) is 0. The van der Waals surface area contributed by atoms with Gasteiger partial charge >= 0.3 is 0 Å². The van der Waals surface area contributed by atoms with Gasteiger partial charge in [0, 0.05) is 5.41 Å². The zero-order valence-electron chi connectivity index (χ0n) is 11.8. The van der Waals surface area contributed by atoms with Crippen LogP contribution in [0.15, 0.2) is 73.9 Å². The minimum Gasteiger partial charge on any atom is -0.0991 e. The van der Waals surface area contributed by atoms with Crippen molar-refractivity contribution in [3.63, 3.8) is 0 Å². The third kappa shape index (κ3) is 5.35. The molecule has 0 aliphatic rings. The molecule has 0 N–H and O–H groups in total. The van der Waals surface area contributed by atoms with Gasteiger partial charge in [-0.1, -0.05) is 90.5 Å². The molecule has 17 heavy (non-hydrogen) atoms. The minimum atomic E-state index is -0.119. The van der Waals surface area contributed by atoms with E-state index in [1.807, 2.05) is 38.2 Å². The lowest BCUT2D eigenvalue weighted by Gasteiger charge is -2.27. The maximum absolute atomic E-state index is 3.82. The van der Waals surface area contributed by atoms with Crippen LogP contribution < -0.4 is 0 Å². The third-order valence-corrected chi connectivity index (χ3v) is 2.48. The van der Waals surface area contributed by atoms with Crippen LogP contribution >= 0.6 is 0 Å². The van der Waals surface area contributed by atoms with Crippen LogP contribution in [-0.2, 0) is 0 Å². The van der Waals surface area contributed by atoms with E-state index in [0.29, 0.717) is 0 Å². The fourth-order valence-electron chi connectivity index (χ4n) is 1.48. The highest BCUT2D eigenvalue weighted by Crippen LogP contribution is 2.35. The van der Waals surface area contributed by atoms with E-state index >= 15 is 0 Å².